The van der Waals surface area contributed by atoms with E-state index in [4.69, 9.17) is 0 Å². The van der Waals surface area contributed by atoms with Gasteiger partial charge in [0.2, 0.25) is 0 Å². The monoisotopic (exact) mass is 164 g/mol. The first-order chi connectivity index (χ1) is 5.81. The summed E-state index contributed by atoms with van der Waals surface area (Å²) in [5.74, 6) is 0. The van der Waals surface area contributed by atoms with Crippen molar-refractivity contribution in [1.82, 2.24) is 0 Å². The largest absolute Gasteiger partial charge is 0.388 e. The molecule has 3 N–H and O–H groups in total. The Balaban J connectivity index is 3.02. The number of nitrogens with one attached hydrogen (secondary N) is 3. The van der Waals surface area contributed by atoms with E-state index < -0.39 is 0 Å². The Morgan fingerprint density at radius 2 is 1.83 bits per heavy atom. The molecule has 0 spiro atoms. The zero-order valence-electron chi connectivity index (χ0n) is 7.65. The second-order valence-corrected chi connectivity index (χ2v) is 2.43. The molecule has 1 aromatic carbocycles. The average Bonchev–Trinajstić information content (AvgIpc) is 2.16. The highest BCUT2D eigenvalue weighted by molar-refractivity contribution is 5.72. The first-order valence-corrected chi connectivity index (χ1v) is 3.90. The van der Waals surface area contributed by atoms with Gasteiger partial charge >= 0.3 is 0 Å². The van der Waals surface area contributed by atoms with Crippen LogP contribution in [-0.2, 0) is 0 Å². The molecule has 0 aliphatic carbocycles. The van der Waals surface area contributed by atoms with Gasteiger partial charge in [-0.1, -0.05) is 0 Å². The van der Waals surface area contributed by atoms with E-state index in [2.05, 4.69) is 22.0 Å². The van der Waals surface area contributed by atoms with Crippen LogP contribution >= 0.6 is 0 Å². The molecule has 0 fully saturated rings. The lowest BCUT2D eigenvalue weighted by Gasteiger charge is -2.09. The number of hydrogen-bond donors (Lipinski definition) is 3. The standard InChI is InChI=1S/C9H14N3/c1-10-7-4-5-8(11-2)9(6-7)12-3/h4,6,10-12H,1-3H3. The van der Waals surface area contributed by atoms with E-state index in [1.807, 2.05) is 33.3 Å². The molecule has 0 unspecified atom stereocenters. The van der Waals surface area contributed by atoms with Crippen LogP contribution in [0.2, 0.25) is 0 Å². The summed E-state index contributed by atoms with van der Waals surface area (Å²) in [5, 5.41) is 9.19. The van der Waals surface area contributed by atoms with Crippen molar-refractivity contribution in [1.29, 1.82) is 0 Å². The minimum absolute atomic E-state index is 0.983. The zero-order chi connectivity index (χ0) is 8.97. The highest BCUT2D eigenvalue weighted by Gasteiger charge is 1.98. The van der Waals surface area contributed by atoms with Crippen molar-refractivity contribution in [2.45, 2.75) is 0 Å². The molecule has 0 atom stereocenters. The predicted octanol–water partition coefficient (Wildman–Crippen LogP) is 1.61. The molecule has 0 aliphatic heterocycles. The van der Waals surface area contributed by atoms with Crippen LogP contribution in [0.5, 0.6) is 0 Å². The van der Waals surface area contributed by atoms with E-state index in [1.165, 1.54) is 0 Å². The molecular weight excluding hydrogens is 150 g/mol. The van der Waals surface area contributed by atoms with Crippen LogP contribution < -0.4 is 16.0 Å². The van der Waals surface area contributed by atoms with E-state index >= 15 is 0 Å². The Bertz CT molecular complexity index is 258. The number of rotatable bonds is 3. The van der Waals surface area contributed by atoms with Crippen LogP contribution in [0.15, 0.2) is 12.1 Å². The van der Waals surface area contributed by atoms with Crippen molar-refractivity contribution >= 4 is 17.1 Å². The molecule has 0 saturated carbocycles. The molecule has 0 aromatic heterocycles. The van der Waals surface area contributed by atoms with E-state index in [-0.39, 0.29) is 0 Å². The molecular formula is C9H14N3. The fraction of sp³-hybridized carbons (Fsp3) is 0.333. The van der Waals surface area contributed by atoms with Gasteiger partial charge in [0.1, 0.15) is 0 Å². The maximum absolute atomic E-state index is 3.12. The molecule has 0 heterocycles. The lowest BCUT2D eigenvalue weighted by atomic mass is 10.2. The Morgan fingerprint density at radius 1 is 1.08 bits per heavy atom. The Hall–Kier alpha value is -1.38. The third-order valence-electron chi connectivity index (χ3n) is 1.75. The first-order valence-electron chi connectivity index (χ1n) is 3.90. The van der Waals surface area contributed by atoms with Crippen molar-refractivity contribution in [3.8, 4) is 0 Å². The summed E-state index contributed by atoms with van der Waals surface area (Å²) in [6.45, 7) is 0. The lowest BCUT2D eigenvalue weighted by molar-refractivity contribution is 1.42. The molecule has 0 saturated heterocycles. The normalized spacial score (nSPS) is 9.25. The summed E-state index contributed by atoms with van der Waals surface area (Å²) in [6, 6.07) is 7.06. The molecule has 3 heteroatoms. The van der Waals surface area contributed by atoms with Crippen LogP contribution in [0.25, 0.3) is 0 Å². The first kappa shape index (κ1) is 8.71. The fourth-order valence-corrected chi connectivity index (χ4v) is 1.05. The molecule has 1 rings (SSSR count). The Labute approximate surface area is 73.2 Å². The predicted molar refractivity (Wildman–Crippen MR) is 53.9 cm³/mol. The van der Waals surface area contributed by atoms with Gasteiger partial charge in [-0.3, -0.25) is 0 Å². The topological polar surface area (TPSA) is 36.1 Å². The maximum Gasteiger partial charge on any atom is 0.0655 e. The zero-order valence-corrected chi connectivity index (χ0v) is 7.65. The molecule has 3 nitrogen and oxygen atoms in total. The minimum atomic E-state index is 0.983. The van der Waals surface area contributed by atoms with Crippen molar-refractivity contribution in [2.75, 3.05) is 37.1 Å². The van der Waals surface area contributed by atoms with E-state index in [0.717, 1.165) is 17.1 Å². The highest BCUT2D eigenvalue weighted by Crippen LogP contribution is 2.23. The van der Waals surface area contributed by atoms with Gasteiger partial charge in [0.05, 0.1) is 11.4 Å². The minimum Gasteiger partial charge on any atom is -0.388 e. The summed E-state index contributed by atoms with van der Waals surface area (Å²) in [7, 11) is 5.66. The summed E-state index contributed by atoms with van der Waals surface area (Å²) in [4.78, 5) is 0. The highest BCUT2D eigenvalue weighted by atomic mass is 14.9. The van der Waals surface area contributed by atoms with Gasteiger partial charge in [0, 0.05) is 32.9 Å². The fourth-order valence-electron chi connectivity index (χ4n) is 1.05. The quantitative estimate of drug-likeness (QED) is 0.635. The van der Waals surface area contributed by atoms with Gasteiger partial charge in [0.25, 0.3) is 0 Å². The van der Waals surface area contributed by atoms with Crippen LogP contribution in [0.1, 0.15) is 0 Å². The van der Waals surface area contributed by atoms with Gasteiger partial charge in [-0.25, -0.2) is 0 Å². The van der Waals surface area contributed by atoms with E-state index in [9.17, 15) is 0 Å². The summed E-state index contributed by atoms with van der Waals surface area (Å²) < 4.78 is 0. The number of benzene rings is 1. The molecule has 0 aliphatic rings. The second-order valence-electron chi connectivity index (χ2n) is 2.43. The summed E-state index contributed by atoms with van der Waals surface area (Å²) >= 11 is 0. The van der Waals surface area contributed by atoms with Gasteiger partial charge < -0.3 is 16.0 Å². The molecule has 1 aromatic rings. The Kier molecular flexibility index (Phi) is 2.80. The molecule has 1 radical (unpaired) electrons. The molecule has 0 amide bonds. The summed E-state index contributed by atoms with van der Waals surface area (Å²) in [5.41, 5.74) is 3.08. The maximum atomic E-state index is 3.12. The molecule has 0 bridgehead atoms. The van der Waals surface area contributed by atoms with Gasteiger partial charge in [0.15, 0.2) is 0 Å². The Morgan fingerprint density at radius 3 is 2.33 bits per heavy atom. The molecule has 12 heavy (non-hydrogen) atoms. The summed E-state index contributed by atoms with van der Waals surface area (Å²) in [6.07, 6.45) is 0. The lowest BCUT2D eigenvalue weighted by Crippen LogP contribution is -1.98. The molecule has 65 valence electrons. The van der Waals surface area contributed by atoms with Crippen molar-refractivity contribution in [2.24, 2.45) is 0 Å². The number of anilines is 3. The van der Waals surface area contributed by atoms with Gasteiger partial charge in [-0.15, -0.1) is 0 Å². The van der Waals surface area contributed by atoms with Gasteiger partial charge in [-0.2, -0.15) is 0 Å². The van der Waals surface area contributed by atoms with Gasteiger partial charge in [-0.05, 0) is 12.1 Å². The van der Waals surface area contributed by atoms with E-state index in [0.29, 0.717) is 0 Å². The van der Waals surface area contributed by atoms with Crippen molar-refractivity contribution in [3.63, 3.8) is 0 Å². The van der Waals surface area contributed by atoms with Crippen molar-refractivity contribution in [3.05, 3.63) is 18.2 Å². The van der Waals surface area contributed by atoms with E-state index in [1.54, 1.807) is 0 Å². The van der Waals surface area contributed by atoms with Crippen LogP contribution in [0.4, 0.5) is 17.1 Å². The van der Waals surface area contributed by atoms with Crippen LogP contribution in [0, 0.1) is 6.07 Å². The smallest absolute Gasteiger partial charge is 0.0655 e. The average molecular weight is 164 g/mol. The third kappa shape index (κ3) is 1.61. The third-order valence-corrected chi connectivity index (χ3v) is 1.75. The number of hydrogen-bond acceptors (Lipinski definition) is 3. The second kappa shape index (κ2) is 3.85. The van der Waals surface area contributed by atoms with Crippen LogP contribution in [-0.4, -0.2) is 21.1 Å². The van der Waals surface area contributed by atoms with Crippen LogP contribution in [0.3, 0.4) is 0 Å². The van der Waals surface area contributed by atoms with Crippen molar-refractivity contribution < 1.29 is 0 Å². The SMILES string of the molecule is CNc1c[c]c(NC)c(NC)c1.